The van der Waals surface area contributed by atoms with Gasteiger partial charge in [0.05, 0.1) is 11.1 Å². The fraction of sp³-hybridized carbons (Fsp3) is 0.625. The van der Waals surface area contributed by atoms with E-state index < -0.39 is 0 Å². The van der Waals surface area contributed by atoms with Crippen molar-refractivity contribution in [2.75, 3.05) is 13.2 Å². The normalized spacial score (nSPS) is 20.2. The van der Waals surface area contributed by atoms with Crippen molar-refractivity contribution in [2.45, 2.75) is 51.2 Å². The smallest absolute Gasteiger partial charge is 0.141 e. The van der Waals surface area contributed by atoms with Gasteiger partial charge in [-0.25, -0.2) is 4.39 Å². The molecule has 0 aromatic heterocycles. The second-order valence-corrected chi connectivity index (χ2v) is 5.76. The Bertz CT molecular complexity index is 421. The van der Waals surface area contributed by atoms with Gasteiger partial charge in [0.25, 0.3) is 0 Å². The van der Waals surface area contributed by atoms with Crippen LogP contribution in [0, 0.1) is 5.82 Å². The van der Waals surface area contributed by atoms with Gasteiger partial charge in [-0.15, -0.1) is 0 Å². The predicted octanol–water partition coefficient (Wildman–Crippen LogP) is 4.48. The molecule has 1 aliphatic rings. The van der Waals surface area contributed by atoms with Crippen molar-refractivity contribution in [2.24, 2.45) is 0 Å². The van der Waals surface area contributed by atoms with E-state index >= 15 is 0 Å². The summed E-state index contributed by atoms with van der Waals surface area (Å²) in [4.78, 5) is 0. The minimum Gasteiger partial charge on any atom is -0.378 e. The van der Waals surface area contributed by atoms with Gasteiger partial charge in [-0.05, 0) is 56.3 Å². The second-order valence-electron chi connectivity index (χ2n) is 5.35. The summed E-state index contributed by atoms with van der Waals surface area (Å²) >= 11 is 5.87. The summed E-state index contributed by atoms with van der Waals surface area (Å²) < 4.78 is 18.9. The van der Waals surface area contributed by atoms with Crippen LogP contribution in [-0.4, -0.2) is 19.3 Å². The van der Waals surface area contributed by atoms with Crippen molar-refractivity contribution in [3.8, 4) is 0 Å². The van der Waals surface area contributed by atoms with Crippen LogP contribution in [-0.2, 0) is 4.74 Å². The number of ether oxygens (including phenoxy) is 1. The van der Waals surface area contributed by atoms with Crippen molar-refractivity contribution < 1.29 is 9.13 Å². The Labute approximate surface area is 125 Å². The first-order valence-corrected chi connectivity index (χ1v) is 7.88. The first-order valence-electron chi connectivity index (χ1n) is 7.50. The molecule has 2 rings (SSSR count). The summed E-state index contributed by atoms with van der Waals surface area (Å²) in [7, 11) is 0. The quantitative estimate of drug-likeness (QED) is 0.801. The lowest BCUT2D eigenvalue weighted by Crippen LogP contribution is -2.21. The zero-order chi connectivity index (χ0) is 14.4. The van der Waals surface area contributed by atoms with E-state index in [0.717, 1.165) is 38.0 Å². The summed E-state index contributed by atoms with van der Waals surface area (Å²) in [6.07, 6.45) is 6.06. The standard InChI is InChI=1S/C16H23ClFNO/c1-2-19-16(7-3-5-13-6-4-10-20-13)12-8-9-15(18)14(17)11-12/h8-9,11,13,16,19H,2-7,10H2,1H3. The Hall–Kier alpha value is -0.640. The number of benzene rings is 1. The van der Waals surface area contributed by atoms with E-state index in [1.807, 2.05) is 6.07 Å². The average molecular weight is 300 g/mol. The van der Waals surface area contributed by atoms with E-state index in [9.17, 15) is 4.39 Å². The van der Waals surface area contributed by atoms with Crippen molar-refractivity contribution in [3.05, 3.63) is 34.6 Å². The fourth-order valence-corrected chi connectivity index (χ4v) is 2.97. The van der Waals surface area contributed by atoms with Crippen LogP contribution in [0.5, 0.6) is 0 Å². The Morgan fingerprint density at radius 1 is 1.50 bits per heavy atom. The monoisotopic (exact) mass is 299 g/mol. The summed E-state index contributed by atoms with van der Waals surface area (Å²) in [6, 6.07) is 5.23. The highest BCUT2D eigenvalue weighted by atomic mass is 35.5. The largest absolute Gasteiger partial charge is 0.378 e. The molecule has 1 heterocycles. The molecule has 0 spiro atoms. The van der Waals surface area contributed by atoms with Crippen LogP contribution in [0.1, 0.15) is 50.6 Å². The molecule has 2 nitrogen and oxygen atoms in total. The number of nitrogens with one attached hydrogen (secondary N) is 1. The van der Waals surface area contributed by atoms with E-state index in [1.165, 1.54) is 18.9 Å². The molecule has 20 heavy (non-hydrogen) atoms. The van der Waals surface area contributed by atoms with Crippen LogP contribution in [0.4, 0.5) is 4.39 Å². The minimum atomic E-state index is -0.356. The van der Waals surface area contributed by atoms with Crippen molar-refractivity contribution >= 4 is 11.6 Å². The maximum Gasteiger partial charge on any atom is 0.141 e. The fourth-order valence-electron chi connectivity index (χ4n) is 2.78. The molecule has 1 aromatic carbocycles. The first-order chi connectivity index (χ1) is 9.70. The molecule has 1 saturated heterocycles. The molecule has 1 N–H and O–H groups in total. The molecule has 1 aliphatic heterocycles. The maximum atomic E-state index is 13.2. The maximum absolute atomic E-state index is 13.2. The van der Waals surface area contributed by atoms with Gasteiger partial charge in [0.1, 0.15) is 5.82 Å². The Kier molecular flexibility index (Phi) is 6.27. The number of rotatable bonds is 7. The van der Waals surface area contributed by atoms with Crippen LogP contribution in [0.3, 0.4) is 0 Å². The molecular weight excluding hydrogens is 277 g/mol. The zero-order valence-electron chi connectivity index (χ0n) is 12.0. The van der Waals surface area contributed by atoms with Gasteiger partial charge in [0.2, 0.25) is 0 Å². The third-order valence-corrected chi connectivity index (χ3v) is 4.13. The van der Waals surface area contributed by atoms with Gasteiger partial charge in [0.15, 0.2) is 0 Å². The van der Waals surface area contributed by atoms with Crippen LogP contribution >= 0.6 is 11.6 Å². The SMILES string of the molecule is CCNC(CCCC1CCCO1)c1ccc(F)c(Cl)c1. The molecular formula is C16H23ClFNO. The van der Waals surface area contributed by atoms with Crippen LogP contribution in [0.25, 0.3) is 0 Å². The summed E-state index contributed by atoms with van der Waals surface area (Å²) in [5.74, 6) is -0.356. The molecule has 112 valence electrons. The van der Waals surface area contributed by atoms with Crippen LogP contribution < -0.4 is 5.32 Å². The highest BCUT2D eigenvalue weighted by molar-refractivity contribution is 6.30. The first kappa shape index (κ1) is 15.7. The van der Waals surface area contributed by atoms with Gasteiger partial charge in [0, 0.05) is 12.6 Å². The van der Waals surface area contributed by atoms with Gasteiger partial charge < -0.3 is 10.1 Å². The van der Waals surface area contributed by atoms with Crippen LogP contribution in [0.15, 0.2) is 18.2 Å². The van der Waals surface area contributed by atoms with Crippen molar-refractivity contribution in [1.82, 2.24) is 5.32 Å². The van der Waals surface area contributed by atoms with E-state index in [2.05, 4.69) is 12.2 Å². The van der Waals surface area contributed by atoms with E-state index in [4.69, 9.17) is 16.3 Å². The third kappa shape index (κ3) is 4.44. The van der Waals surface area contributed by atoms with E-state index in [1.54, 1.807) is 6.07 Å². The number of hydrogen-bond acceptors (Lipinski definition) is 2. The minimum absolute atomic E-state index is 0.199. The zero-order valence-corrected chi connectivity index (χ0v) is 12.8. The van der Waals surface area contributed by atoms with Gasteiger partial charge in [-0.1, -0.05) is 24.6 Å². The molecule has 1 aromatic rings. The molecule has 4 heteroatoms. The average Bonchev–Trinajstić information content (AvgIpc) is 2.94. The van der Waals surface area contributed by atoms with Gasteiger partial charge >= 0.3 is 0 Å². The Balaban J connectivity index is 1.89. The van der Waals surface area contributed by atoms with Gasteiger partial charge in [-0.3, -0.25) is 0 Å². The topological polar surface area (TPSA) is 21.3 Å². The molecule has 2 unspecified atom stereocenters. The van der Waals surface area contributed by atoms with Crippen molar-refractivity contribution in [1.29, 1.82) is 0 Å². The predicted molar refractivity (Wildman–Crippen MR) is 80.7 cm³/mol. The lowest BCUT2D eigenvalue weighted by molar-refractivity contribution is 0.101. The van der Waals surface area contributed by atoms with Gasteiger partial charge in [-0.2, -0.15) is 0 Å². The molecule has 0 radical (unpaired) electrons. The number of hydrogen-bond donors (Lipinski definition) is 1. The highest BCUT2D eigenvalue weighted by Crippen LogP contribution is 2.26. The Morgan fingerprint density at radius 2 is 2.35 bits per heavy atom. The molecule has 1 fully saturated rings. The van der Waals surface area contributed by atoms with E-state index in [0.29, 0.717) is 6.10 Å². The highest BCUT2D eigenvalue weighted by Gasteiger charge is 2.17. The second kappa shape index (κ2) is 7.96. The molecule has 0 aliphatic carbocycles. The van der Waals surface area contributed by atoms with Crippen molar-refractivity contribution in [3.63, 3.8) is 0 Å². The number of halogens is 2. The molecule has 0 saturated carbocycles. The van der Waals surface area contributed by atoms with Crippen LogP contribution in [0.2, 0.25) is 5.02 Å². The summed E-state index contributed by atoms with van der Waals surface area (Å²) in [5.41, 5.74) is 1.06. The molecule has 2 atom stereocenters. The van der Waals surface area contributed by atoms with E-state index in [-0.39, 0.29) is 16.9 Å². The summed E-state index contributed by atoms with van der Waals surface area (Å²) in [5, 5.41) is 3.65. The lowest BCUT2D eigenvalue weighted by atomic mass is 9.99. The molecule has 0 amide bonds. The third-order valence-electron chi connectivity index (χ3n) is 3.84. The summed E-state index contributed by atoms with van der Waals surface area (Å²) in [6.45, 7) is 3.88. The lowest BCUT2D eigenvalue weighted by Gasteiger charge is -2.19. The molecule has 0 bridgehead atoms. The Morgan fingerprint density at radius 3 is 3.00 bits per heavy atom.